The van der Waals surface area contributed by atoms with E-state index in [1.807, 2.05) is 0 Å². The Labute approximate surface area is 94.2 Å². The first-order valence-corrected chi connectivity index (χ1v) is 5.31. The number of nitrogens with two attached hydrogens (primary N) is 1. The molecule has 1 aliphatic carbocycles. The number of aliphatic hydroxyl groups excluding tert-OH is 1. The van der Waals surface area contributed by atoms with Gasteiger partial charge in [-0.3, -0.25) is 9.59 Å². The lowest BCUT2D eigenvalue weighted by molar-refractivity contribution is -0.151. The molecule has 5 N–H and O–H groups in total. The zero-order valence-electron chi connectivity index (χ0n) is 7.71. The second-order valence-corrected chi connectivity index (χ2v) is 4.69. The maximum absolute atomic E-state index is 10.8. The fourth-order valence-electron chi connectivity index (χ4n) is 1.75. The predicted octanol–water partition coefficient (Wildman–Crippen LogP) is -0.757. The first-order chi connectivity index (χ1) is 6.86. The summed E-state index contributed by atoms with van der Waals surface area (Å²) in [6, 6.07) is -0.942. The summed E-state index contributed by atoms with van der Waals surface area (Å²) in [5.74, 6) is -4.25. The fraction of sp³-hybridized carbons (Fsp3) is 0.750. The highest BCUT2D eigenvalue weighted by atomic mass is 79.9. The number of hydrogen-bond acceptors (Lipinski definition) is 4. The van der Waals surface area contributed by atoms with Crippen LogP contribution in [0.2, 0.25) is 0 Å². The lowest BCUT2D eigenvalue weighted by atomic mass is 9.76. The minimum atomic E-state index is -1.17. The molecule has 0 radical (unpaired) electrons. The Morgan fingerprint density at radius 2 is 1.67 bits per heavy atom. The molecule has 6 nitrogen and oxygen atoms in total. The second kappa shape index (κ2) is 4.46. The summed E-state index contributed by atoms with van der Waals surface area (Å²) >= 11 is 3.03. The van der Waals surface area contributed by atoms with Gasteiger partial charge in [-0.2, -0.15) is 0 Å². The minimum absolute atomic E-state index is 0.0706. The highest BCUT2D eigenvalue weighted by Crippen LogP contribution is 2.33. The number of alkyl halides is 1. The van der Waals surface area contributed by atoms with Crippen molar-refractivity contribution in [2.75, 3.05) is 0 Å². The summed E-state index contributed by atoms with van der Waals surface area (Å²) in [6.45, 7) is 0. The van der Waals surface area contributed by atoms with Gasteiger partial charge in [-0.15, -0.1) is 0 Å². The first kappa shape index (κ1) is 12.4. The third-order valence-corrected chi connectivity index (χ3v) is 3.89. The third-order valence-electron chi connectivity index (χ3n) is 2.71. The zero-order chi connectivity index (χ0) is 11.7. The van der Waals surface area contributed by atoms with Crippen LogP contribution >= 0.6 is 15.9 Å². The van der Waals surface area contributed by atoms with Crippen molar-refractivity contribution < 1.29 is 24.9 Å². The van der Waals surface area contributed by atoms with Gasteiger partial charge in [0.15, 0.2) is 0 Å². The van der Waals surface area contributed by atoms with Crippen LogP contribution in [0, 0.1) is 11.8 Å². The largest absolute Gasteiger partial charge is 0.481 e. The van der Waals surface area contributed by atoms with Crippen LogP contribution in [0.4, 0.5) is 0 Å². The van der Waals surface area contributed by atoms with E-state index in [1.54, 1.807) is 0 Å². The van der Waals surface area contributed by atoms with Crippen LogP contribution in [-0.4, -0.2) is 44.2 Å². The molecule has 1 fully saturated rings. The van der Waals surface area contributed by atoms with Crippen LogP contribution in [-0.2, 0) is 9.59 Å². The highest BCUT2D eigenvalue weighted by Gasteiger charge is 2.46. The van der Waals surface area contributed by atoms with Gasteiger partial charge < -0.3 is 21.1 Å². The molecule has 0 aromatic heterocycles. The van der Waals surface area contributed by atoms with E-state index >= 15 is 0 Å². The number of halogens is 1. The van der Waals surface area contributed by atoms with E-state index < -0.39 is 40.7 Å². The second-order valence-electron chi connectivity index (χ2n) is 3.64. The number of carboxylic acid groups (broad SMARTS) is 2. The molecule has 15 heavy (non-hydrogen) atoms. The standard InChI is InChI=1S/C8H12BrNO5/c9-4-2(7(12)13)1-3(8(14)15)5(10)6(4)11/h2-6,11H,1,10H2,(H,12,13)(H,14,15)/t2-,3-,4-,5+,6+/m0/s1. The number of carbonyl (C=O) groups is 2. The first-order valence-electron chi connectivity index (χ1n) is 4.39. The predicted molar refractivity (Wildman–Crippen MR) is 53.6 cm³/mol. The monoisotopic (exact) mass is 281 g/mol. The smallest absolute Gasteiger partial charge is 0.308 e. The fourth-order valence-corrected chi connectivity index (χ4v) is 2.55. The van der Waals surface area contributed by atoms with E-state index in [-0.39, 0.29) is 6.42 Å². The maximum atomic E-state index is 10.8. The number of rotatable bonds is 2. The van der Waals surface area contributed by atoms with E-state index in [2.05, 4.69) is 15.9 Å². The molecule has 0 saturated heterocycles. The summed E-state index contributed by atoms with van der Waals surface area (Å²) in [6.07, 6.45) is -1.24. The van der Waals surface area contributed by atoms with E-state index in [4.69, 9.17) is 15.9 Å². The maximum Gasteiger partial charge on any atom is 0.308 e. The number of aliphatic hydroxyl groups is 1. The third kappa shape index (κ3) is 2.30. The molecule has 1 aliphatic rings. The van der Waals surface area contributed by atoms with Crippen molar-refractivity contribution in [3.8, 4) is 0 Å². The molecule has 0 unspecified atom stereocenters. The summed E-state index contributed by atoms with van der Waals surface area (Å²) < 4.78 is 0. The van der Waals surface area contributed by atoms with E-state index in [0.717, 1.165) is 0 Å². The molecule has 5 atom stereocenters. The molecule has 86 valence electrons. The number of carboxylic acids is 2. The van der Waals surface area contributed by atoms with Crippen molar-refractivity contribution in [2.24, 2.45) is 17.6 Å². The average molecular weight is 282 g/mol. The Morgan fingerprint density at radius 3 is 2.07 bits per heavy atom. The van der Waals surface area contributed by atoms with Gasteiger partial charge in [0.2, 0.25) is 0 Å². The Balaban J connectivity index is 2.89. The minimum Gasteiger partial charge on any atom is -0.481 e. The molecule has 0 aromatic carbocycles. The molecule has 0 bridgehead atoms. The van der Waals surface area contributed by atoms with Crippen LogP contribution < -0.4 is 5.73 Å². The highest BCUT2D eigenvalue weighted by molar-refractivity contribution is 9.09. The van der Waals surface area contributed by atoms with Gasteiger partial charge in [-0.25, -0.2) is 0 Å². The Bertz CT molecular complexity index is 258. The van der Waals surface area contributed by atoms with E-state index in [9.17, 15) is 14.7 Å². The van der Waals surface area contributed by atoms with E-state index in [0.29, 0.717) is 0 Å². The summed E-state index contributed by atoms with van der Waals surface area (Å²) in [5.41, 5.74) is 5.52. The molecule has 0 aromatic rings. The van der Waals surface area contributed by atoms with Gasteiger partial charge in [0.25, 0.3) is 0 Å². The molecular weight excluding hydrogens is 270 g/mol. The van der Waals surface area contributed by atoms with Crippen molar-refractivity contribution in [1.82, 2.24) is 0 Å². The summed E-state index contributed by atoms with van der Waals surface area (Å²) in [7, 11) is 0. The van der Waals surface area contributed by atoms with Crippen LogP contribution in [0.15, 0.2) is 0 Å². The normalized spacial score (nSPS) is 41.1. The van der Waals surface area contributed by atoms with Crippen LogP contribution in [0.3, 0.4) is 0 Å². The van der Waals surface area contributed by atoms with Gasteiger partial charge in [0.05, 0.1) is 22.8 Å². The van der Waals surface area contributed by atoms with Crippen LogP contribution in [0.5, 0.6) is 0 Å². The summed E-state index contributed by atoms with van der Waals surface area (Å²) in [5, 5.41) is 27.2. The quantitative estimate of drug-likeness (QED) is 0.494. The topological polar surface area (TPSA) is 121 Å². The molecule has 0 spiro atoms. The summed E-state index contributed by atoms with van der Waals surface area (Å²) in [4.78, 5) is 20.9. The molecule has 1 rings (SSSR count). The SMILES string of the molecule is N[C@H]1[C@H](O)[C@@H](Br)[C@@H](C(=O)O)C[C@@H]1C(=O)O. The van der Waals surface area contributed by atoms with Crippen molar-refractivity contribution in [1.29, 1.82) is 0 Å². The van der Waals surface area contributed by atoms with Crippen LogP contribution in [0.1, 0.15) is 6.42 Å². The molecule has 0 aliphatic heterocycles. The lowest BCUT2D eigenvalue weighted by Crippen LogP contribution is -2.56. The lowest BCUT2D eigenvalue weighted by Gasteiger charge is -2.37. The van der Waals surface area contributed by atoms with Crippen LogP contribution in [0.25, 0.3) is 0 Å². The van der Waals surface area contributed by atoms with Crippen molar-refractivity contribution >= 4 is 27.9 Å². The van der Waals surface area contributed by atoms with Crippen molar-refractivity contribution in [3.63, 3.8) is 0 Å². The van der Waals surface area contributed by atoms with Gasteiger partial charge in [-0.05, 0) is 6.42 Å². The van der Waals surface area contributed by atoms with Gasteiger partial charge in [-0.1, -0.05) is 15.9 Å². The molecule has 7 heteroatoms. The molecule has 0 amide bonds. The van der Waals surface area contributed by atoms with Gasteiger partial charge >= 0.3 is 11.9 Å². The van der Waals surface area contributed by atoms with E-state index in [1.165, 1.54) is 0 Å². The number of hydrogen-bond donors (Lipinski definition) is 4. The molecule has 1 saturated carbocycles. The number of aliphatic carboxylic acids is 2. The molecule has 0 heterocycles. The average Bonchev–Trinajstić information content (AvgIpc) is 2.13. The van der Waals surface area contributed by atoms with Crippen molar-refractivity contribution in [2.45, 2.75) is 23.4 Å². The Morgan fingerprint density at radius 1 is 1.20 bits per heavy atom. The van der Waals surface area contributed by atoms with Gasteiger partial charge in [0.1, 0.15) is 0 Å². The Hall–Kier alpha value is -0.660. The zero-order valence-corrected chi connectivity index (χ0v) is 9.29. The van der Waals surface area contributed by atoms with Gasteiger partial charge in [0, 0.05) is 6.04 Å². The Kier molecular flexibility index (Phi) is 3.69. The van der Waals surface area contributed by atoms with Crippen molar-refractivity contribution in [3.05, 3.63) is 0 Å². The molecular formula is C8H12BrNO5.